The summed E-state index contributed by atoms with van der Waals surface area (Å²) in [6.45, 7) is 4.02. The Balaban J connectivity index is 2.16. The van der Waals surface area contributed by atoms with Crippen molar-refractivity contribution in [3.63, 3.8) is 0 Å². The van der Waals surface area contributed by atoms with Gasteiger partial charge in [-0.25, -0.2) is 4.39 Å². The second-order valence-electron chi connectivity index (χ2n) is 5.53. The molecule has 0 saturated heterocycles. The van der Waals surface area contributed by atoms with Crippen molar-refractivity contribution in [2.24, 2.45) is 0 Å². The molecule has 0 aromatic heterocycles. The maximum atomic E-state index is 14.3. The number of anilines is 1. The Morgan fingerprint density at radius 1 is 1.08 bits per heavy atom. The molecule has 0 amide bonds. The molecule has 0 spiro atoms. The summed E-state index contributed by atoms with van der Waals surface area (Å²) in [6, 6.07) is 10.1. The van der Waals surface area contributed by atoms with Gasteiger partial charge in [-0.2, -0.15) is 0 Å². The van der Waals surface area contributed by atoms with Crippen molar-refractivity contribution in [1.29, 1.82) is 0 Å². The molecule has 0 fully saturated rings. The van der Waals surface area contributed by atoms with E-state index in [4.69, 9.17) is 9.47 Å². The molecule has 2 rings (SSSR count). The Bertz CT molecular complexity index is 676. The maximum Gasteiger partial charge on any atom is 0.169 e. The van der Waals surface area contributed by atoms with Crippen molar-refractivity contribution < 1.29 is 19.0 Å². The molecular formula is C19H24FNO3. The summed E-state index contributed by atoms with van der Waals surface area (Å²) >= 11 is 0. The normalized spacial score (nSPS) is 11.9. The van der Waals surface area contributed by atoms with Crippen LogP contribution in [0, 0.1) is 5.82 Å². The fraction of sp³-hybridized carbons (Fsp3) is 0.368. The molecule has 0 saturated carbocycles. The minimum Gasteiger partial charge on any atom is -0.493 e. The monoisotopic (exact) mass is 333 g/mol. The van der Waals surface area contributed by atoms with E-state index >= 15 is 0 Å². The summed E-state index contributed by atoms with van der Waals surface area (Å²) in [5.41, 5.74) is 1.62. The van der Waals surface area contributed by atoms with E-state index in [2.05, 4.69) is 5.32 Å². The van der Waals surface area contributed by atoms with Gasteiger partial charge in [-0.1, -0.05) is 26.3 Å². The number of ether oxygens (including phenoxy) is 2. The number of hydrogen-bond donors (Lipinski definition) is 2. The molecular weight excluding hydrogens is 309 g/mol. The molecule has 24 heavy (non-hydrogen) atoms. The molecule has 130 valence electrons. The summed E-state index contributed by atoms with van der Waals surface area (Å²) < 4.78 is 25.2. The lowest BCUT2D eigenvalue weighted by molar-refractivity contribution is 0.192. The van der Waals surface area contributed by atoms with Gasteiger partial charge in [-0.15, -0.1) is 0 Å². The predicted molar refractivity (Wildman–Crippen MR) is 93.4 cm³/mol. The van der Waals surface area contributed by atoms with Gasteiger partial charge in [-0.3, -0.25) is 0 Å². The van der Waals surface area contributed by atoms with Crippen LogP contribution >= 0.6 is 0 Å². The number of rotatable bonds is 8. The van der Waals surface area contributed by atoms with Crippen molar-refractivity contribution in [2.75, 3.05) is 12.4 Å². The zero-order valence-electron chi connectivity index (χ0n) is 14.3. The molecule has 4 nitrogen and oxygen atoms in total. The van der Waals surface area contributed by atoms with Crippen LogP contribution in [-0.2, 0) is 6.42 Å². The third-order valence-electron chi connectivity index (χ3n) is 3.68. The Morgan fingerprint density at radius 3 is 2.46 bits per heavy atom. The van der Waals surface area contributed by atoms with E-state index in [0.29, 0.717) is 23.6 Å². The highest BCUT2D eigenvalue weighted by molar-refractivity contribution is 5.50. The van der Waals surface area contributed by atoms with Gasteiger partial charge >= 0.3 is 0 Å². The van der Waals surface area contributed by atoms with E-state index in [1.54, 1.807) is 19.2 Å². The van der Waals surface area contributed by atoms with Gasteiger partial charge in [0.15, 0.2) is 23.1 Å². The minimum atomic E-state index is -0.692. The highest BCUT2D eigenvalue weighted by atomic mass is 19.1. The standard InChI is InChI=1S/C19H24FNO3/c1-4-6-19(22)21-14-8-10-16(15(20)12-14)24-17-9-7-13(5-2)11-18(17)23-3/h7-12,19,21-22H,4-6H2,1-3H3. The Labute approximate surface area is 142 Å². The lowest BCUT2D eigenvalue weighted by atomic mass is 10.1. The number of nitrogens with one attached hydrogen (secondary N) is 1. The highest BCUT2D eigenvalue weighted by Gasteiger charge is 2.11. The Hall–Kier alpha value is -2.27. The van der Waals surface area contributed by atoms with Crippen LogP contribution < -0.4 is 14.8 Å². The van der Waals surface area contributed by atoms with Gasteiger partial charge in [0, 0.05) is 11.8 Å². The lowest BCUT2D eigenvalue weighted by Gasteiger charge is -2.15. The number of methoxy groups -OCH3 is 1. The fourth-order valence-electron chi connectivity index (χ4n) is 2.35. The van der Waals surface area contributed by atoms with Gasteiger partial charge in [0.05, 0.1) is 7.11 Å². The molecule has 0 aliphatic carbocycles. The summed E-state index contributed by atoms with van der Waals surface area (Å²) in [5.74, 6) is 0.619. The first-order chi connectivity index (χ1) is 11.6. The molecule has 0 aliphatic rings. The van der Waals surface area contributed by atoms with E-state index in [1.165, 1.54) is 12.1 Å². The maximum absolute atomic E-state index is 14.3. The minimum absolute atomic E-state index is 0.105. The van der Waals surface area contributed by atoms with Crippen LogP contribution in [0.25, 0.3) is 0 Å². The third kappa shape index (κ3) is 4.61. The van der Waals surface area contributed by atoms with Gasteiger partial charge in [0.2, 0.25) is 0 Å². The molecule has 2 aromatic carbocycles. The number of benzene rings is 2. The molecule has 5 heteroatoms. The number of hydrogen-bond acceptors (Lipinski definition) is 4. The third-order valence-corrected chi connectivity index (χ3v) is 3.68. The van der Waals surface area contributed by atoms with Crippen LogP contribution in [0.1, 0.15) is 32.3 Å². The molecule has 0 radical (unpaired) electrons. The molecule has 0 aliphatic heterocycles. The van der Waals surface area contributed by atoms with Gasteiger partial charge in [0.25, 0.3) is 0 Å². The lowest BCUT2D eigenvalue weighted by Crippen LogP contribution is -2.17. The van der Waals surface area contributed by atoms with E-state index < -0.39 is 12.0 Å². The quantitative estimate of drug-likeness (QED) is 0.686. The van der Waals surface area contributed by atoms with Crippen molar-refractivity contribution in [2.45, 2.75) is 39.3 Å². The van der Waals surface area contributed by atoms with E-state index in [-0.39, 0.29) is 5.75 Å². The van der Waals surface area contributed by atoms with Crippen LogP contribution in [-0.4, -0.2) is 18.4 Å². The van der Waals surface area contributed by atoms with Crippen LogP contribution in [0.15, 0.2) is 36.4 Å². The average Bonchev–Trinajstić information content (AvgIpc) is 2.57. The number of aliphatic hydroxyl groups excluding tert-OH is 1. The summed E-state index contributed by atoms with van der Waals surface area (Å²) in [6.07, 6.45) is 1.63. The summed E-state index contributed by atoms with van der Waals surface area (Å²) in [4.78, 5) is 0. The summed E-state index contributed by atoms with van der Waals surface area (Å²) in [7, 11) is 1.56. The zero-order valence-corrected chi connectivity index (χ0v) is 14.3. The van der Waals surface area contributed by atoms with E-state index in [0.717, 1.165) is 18.4 Å². The smallest absolute Gasteiger partial charge is 0.169 e. The molecule has 1 atom stereocenters. The zero-order chi connectivity index (χ0) is 17.5. The van der Waals surface area contributed by atoms with Crippen molar-refractivity contribution >= 4 is 5.69 Å². The van der Waals surface area contributed by atoms with Crippen molar-refractivity contribution in [3.8, 4) is 17.2 Å². The van der Waals surface area contributed by atoms with Gasteiger partial charge < -0.3 is 19.9 Å². The largest absolute Gasteiger partial charge is 0.493 e. The van der Waals surface area contributed by atoms with Gasteiger partial charge in [-0.05, 0) is 42.7 Å². The first kappa shape index (κ1) is 18.1. The SMILES string of the molecule is CCCC(O)Nc1ccc(Oc2ccc(CC)cc2OC)c(F)c1. The number of halogens is 1. The average molecular weight is 333 g/mol. The number of aryl methyl sites for hydroxylation is 1. The van der Waals surface area contributed by atoms with Crippen LogP contribution in [0.3, 0.4) is 0 Å². The molecule has 1 unspecified atom stereocenters. The van der Waals surface area contributed by atoms with Gasteiger partial charge in [0.1, 0.15) is 6.23 Å². The van der Waals surface area contributed by atoms with Crippen molar-refractivity contribution in [1.82, 2.24) is 0 Å². The topological polar surface area (TPSA) is 50.7 Å². The molecule has 2 N–H and O–H groups in total. The van der Waals surface area contributed by atoms with Crippen LogP contribution in [0.5, 0.6) is 17.2 Å². The second kappa shape index (κ2) is 8.55. The summed E-state index contributed by atoms with van der Waals surface area (Å²) in [5, 5.41) is 12.6. The fourth-order valence-corrected chi connectivity index (χ4v) is 2.35. The second-order valence-corrected chi connectivity index (χ2v) is 5.53. The van der Waals surface area contributed by atoms with E-state index in [1.807, 2.05) is 26.0 Å². The highest BCUT2D eigenvalue weighted by Crippen LogP contribution is 2.34. The van der Waals surface area contributed by atoms with Crippen LogP contribution in [0.4, 0.5) is 10.1 Å². The van der Waals surface area contributed by atoms with E-state index in [9.17, 15) is 9.50 Å². The number of aliphatic hydroxyl groups is 1. The van der Waals surface area contributed by atoms with Crippen LogP contribution in [0.2, 0.25) is 0 Å². The first-order valence-electron chi connectivity index (χ1n) is 8.16. The van der Waals surface area contributed by atoms with Crippen molar-refractivity contribution in [3.05, 3.63) is 47.8 Å². The Kier molecular flexibility index (Phi) is 6.44. The molecule has 0 bridgehead atoms. The molecule has 0 heterocycles. The predicted octanol–water partition coefficient (Wildman–Crippen LogP) is 4.72. The molecule has 2 aromatic rings. The first-order valence-corrected chi connectivity index (χ1v) is 8.16. The Morgan fingerprint density at radius 2 is 1.83 bits per heavy atom.